The quantitative estimate of drug-likeness (QED) is 0.174. The molecular weight excluding hydrogens is 362 g/mol. The maximum atomic E-state index is 13.0. The fourth-order valence-electron chi connectivity index (χ4n) is 3.73. The molecule has 0 fully saturated rings. The van der Waals surface area contributed by atoms with Gasteiger partial charge in [0.2, 0.25) is 5.91 Å². The summed E-state index contributed by atoms with van der Waals surface area (Å²) in [5.41, 5.74) is 0. The second kappa shape index (κ2) is 18.9. The Hall–Kier alpha value is -1.06. The maximum Gasteiger partial charge on any atom is 0.305 e. The molecule has 0 radical (unpaired) electrons. The number of ether oxygens (including phenoxy) is 1. The molecule has 172 valence electrons. The standard InChI is InChI=1S/C25H49NO3/c1-6-11-15-22(9-4)20-26(21-23(10-5)16-12-7-2)24(27)17-13-14-18-25(28)29-19-8-3/h22-23H,6-21H2,1-5H3. The highest BCUT2D eigenvalue weighted by atomic mass is 16.5. The number of amides is 1. The number of unbranched alkanes of at least 4 members (excludes halogenated alkanes) is 3. The first-order valence-electron chi connectivity index (χ1n) is 12.4. The minimum atomic E-state index is -0.132. The molecule has 2 unspecified atom stereocenters. The van der Waals surface area contributed by atoms with E-state index in [0.717, 1.165) is 45.2 Å². The van der Waals surface area contributed by atoms with Crippen molar-refractivity contribution >= 4 is 11.9 Å². The zero-order valence-corrected chi connectivity index (χ0v) is 20.1. The van der Waals surface area contributed by atoms with E-state index in [1.165, 1.54) is 38.5 Å². The summed E-state index contributed by atoms with van der Waals surface area (Å²) in [5, 5.41) is 0. The predicted molar refractivity (Wildman–Crippen MR) is 123 cm³/mol. The molecule has 0 aromatic rings. The second-order valence-corrected chi connectivity index (χ2v) is 8.56. The van der Waals surface area contributed by atoms with E-state index in [2.05, 4.69) is 32.6 Å². The van der Waals surface area contributed by atoms with Crippen molar-refractivity contribution in [3.05, 3.63) is 0 Å². The van der Waals surface area contributed by atoms with Gasteiger partial charge in [0.05, 0.1) is 6.61 Å². The van der Waals surface area contributed by atoms with Gasteiger partial charge < -0.3 is 9.64 Å². The van der Waals surface area contributed by atoms with E-state index in [4.69, 9.17) is 4.74 Å². The third-order valence-electron chi connectivity index (χ3n) is 5.89. The lowest BCUT2D eigenvalue weighted by Gasteiger charge is -2.31. The van der Waals surface area contributed by atoms with Crippen LogP contribution in [0.1, 0.15) is 118 Å². The fraction of sp³-hybridized carbons (Fsp3) is 0.920. The normalized spacial score (nSPS) is 13.1. The summed E-state index contributed by atoms with van der Waals surface area (Å²) in [7, 11) is 0. The van der Waals surface area contributed by atoms with Crippen LogP contribution in [0.4, 0.5) is 0 Å². The summed E-state index contributed by atoms with van der Waals surface area (Å²) < 4.78 is 5.12. The van der Waals surface area contributed by atoms with Crippen molar-refractivity contribution < 1.29 is 14.3 Å². The zero-order chi connectivity index (χ0) is 21.9. The first kappa shape index (κ1) is 27.9. The highest BCUT2D eigenvalue weighted by Crippen LogP contribution is 2.20. The molecule has 0 saturated carbocycles. The Kier molecular flexibility index (Phi) is 18.2. The molecule has 0 aromatic heterocycles. The van der Waals surface area contributed by atoms with Crippen molar-refractivity contribution in [2.75, 3.05) is 19.7 Å². The van der Waals surface area contributed by atoms with Crippen molar-refractivity contribution in [2.24, 2.45) is 11.8 Å². The Labute approximate surface area is 181 Å². The minimum Gasteiger partial charge on any atom is -0.466 e. The SMILES string of the molecule is CCCCC(CC)CN(CC(CC)CCCC)C(=O)CCCCC(=O)OCCC. The zero-order valence-electron chi connectivity index (χ0n) is 20.1. The lowest BCUT2D eigenvalue weighted by molar-refractivity contribution is -0.144. The van der Waals surface area contributed by atoms with Crippen LogP contribution in [0.2, 0.25) is 0 Å². The molecule has 0 rings (SSSR count). The van der Waals surface area contributed by atoms with Crippen LogP contribution in [0.5, 0.6) is 0 Å². The summed E-state index contributed by atoms with van der Waals surface area (Å²) in [6.07, 6.45) is 13.0. The molecular formula is C25H49NO3. The molecule has 2 atom stereocenters. The van der Waals surface area contributed by atoms with Gasteiger partial charge in [0, 0.05) is 25.9 Å². The van der Waals surface area contributed by atoms with E-state index in [-0.39, 0.29) is 11.9 Å². The number of rotatable bonds is 19. The summed E-state index contributed by atoms with van der Waals surface area (Å²) in [6.45, 7) is 13.3. The van der Waals surface area contributed by atoms with Gasteiger partial charge in [-0.3, -0.25) is 9.59 Å². The van der Waals surface area contributed by atoms with Crippen LogP contribution in [0, 0.1) is 11.8 Å². The van der Waals surface area contributed by atoms with E-state index in [9.17, 15) is 9.59 Å². The number of carbonyl (C=O) groups is 2. The van der Waals surface area contributed by atoms with Gasteiger partial charge in [0.15, 0.2) is 0 Å². The van der Waals surface area contributed by atoms with Crippen LogP contribution >= 0.6 is 0 Å². The second-order valence-electron chi connectivity index (χ2n) is 8.56. The lowest BCUT2D eigenvalue weighted by atomic mass is 9.95. The van der Waals surface area contributed by atoms with Gasteiger partial charge in [0.25, 0.3) is 0 Å². The van der Waals surface area contributed by atoms with Gasteiger partial charge in [-0.1, -0.05) is 73.1 Å². The average Bonchev–Trinajstić information content (AvgIpc) is 2.73. The van der Waals surface area contributed by atoms with Crippen LogP contribution in [0.25, 0.3) is 0 Å². The van der Waals surface area contributed by atoms with Gasteiger partial charge in [0.1, 0.15) is 0 Å². The topological polar surface area (TPSA) is 46.6 Å². The van der Waals surface area contributed by atoms with E-state index >= 15 is 0 Å². The van der Waals surface area contributed by atoms with Crippen LogP contribution in [-0.4, -0.2) is 36.5 Å². The molecule has 4 heteroatoms. The number of nitrogens with zero attached hydrogens (tertiary/aromatic N) is 1. The molecule has 0 aliphatic heterocycles. The Balaban J connectivity index is 4.70. The number of hydrogen-bond acceptors (Lipinski definition) is 3. The smallest absolute Gasteiger partial charge is 0.305 e. The first-order chi connectivity index (χ1) is 14.0. The van der Waals surface area contributed by atoms with Crippen LogP contribution in [0.15, 0.2) is 0 Å². The molecule has 0 aromatic carbocycles. The maximum absolute atomic E-state index is 13.0. The molecule has 0 aliphatic rings. The molecule has 29 heavy (non-hydrogen) atoms. The van der Waals surface area contributed by atoms with Gasteiger partial charge in [-0.25, -0.2) is 0 Å². The Morgan fingerprint density at radius 1 is 0.724 bits per heavy atom. The van der Waals surface area contributed by atoms with E-state index in [0.29, 0.717) is 31.3 Å². The summed E-state index contributed by atoms with van der Waals surface area (Å²) in [5.74, 6) is 1.35. The predicted octanol–water partition coefficient (Wildman–Crippen LogP) is 6.76. The summed E-state index contributed by atoms with van der Waals surface area (Å²) >= 11 is 0. The van der Waals surface area contributed by atoms with E-state index in [1.54, 1.807) is 0 Å². The minimum absolute atomic E-state index is 0.132. The van der Waals surface area contributed by atoms with Crippen molar-refractivity contribution in [1.29, 1.82) is 0 Å². The Morgan fingerprint density at radius 3 is 1.69 bits per heavy atom. The molecule has 1 amide bonds. The highest BCUT2D eigenvalue weighted by Gasteiger charge is 2.21. The Morgan fingerprint density at radius 2 is 1.24 bits per heavy atom. The first-order valence-corrected chi connectivity index (χ1v) is 12.4. The van der Waals surface area contributed by atoms with Gasteiger partial charge in [-0.05, 0) is 43.9 Å². The molecule has 0 spiro atoms. The summed E-state index contributed by atoms with van der Waals surface area (Å²) in [6, 6.07) is 0. The highest BCUT2D eigenvalue weighted by molar-refractivity contribution is 5.76. The van der Waals surface area contributed by atoms with Gasteiger partial charge in [-0.15, -0.1) is 0 Å². The lowest BCUT2D eigenvalue weighted by Crippen LogP contribution is -2.38. The third-order valence-corrected chi connectivity index (χ3v) is 5.89. The van der Waals surface area contributed by atoms with Gasteiger partial charge in [-0.2, -0.15) is 0 Å². The molecule has 0 saturated heterocycles. The molecule has 0 N–H and O–H groups in total. The summed E-state index contributed by atoms with van der Waals surface area (Å²) in [4.78, 5) is 26.8. The fourth-order valence-corrected chi connectivity index (χ4v) is 3.73. The van der Waals surface area contributed by atoms with Crippen LogP contribution < -0.4 is 0 Å². The van der Waals surface area contributed by atoms with Crippen LogP contribution in [0.3, 0.4) is 0 Å². The molecule has 0 heterocycles. The average molecular weight is 412 g/mol. The molecule has 4 nitrogen and oxygen atoms in total. The third kappa shape index (κ3) is 14.5. The Bertz CT molecular complexity index is 393. The van der Waals surface area contributed by atoms with E-state index < -0.39 is 0 Å². The van der Waals surface area contributed by atoms with E-state index in [1.807, 2.05) is 6.92 Å². The largest absolute Gasteiger partial charge is 0.466 e. The van der Waals surface area contributed by atoms with Crippen molar-refractivity contribution in [2.45, 2.75) is 118 Å². The number of carbonyl (C=O) groups excluding carboxylic acids is 2. The van der Waals surface area contributed by atoms with Crippen molar-refractivity contribution in [3.8, 4) is 0 Å². The molecule has 0 bridgehead atoms. The van der Waals surface area contributed by atoms with Crippen molar-refractivity contribution in [3.63, 3.8) is 0 Å². The van der Waals surface area contributed by atoms with Gasteiger partial charge >= 0.3 is 5.97 Å². The van der Waals surface area contributed by atoms with Crippen molar-refractivity contribution in [1.82, 2.24) is 4.90 Å². The number of hydrogen-bond donors (Lipinski definition) is 0. The van der Waals surface area contributed by atoms with Crippen LogP contribution in [-0.2, 0) is 14.3 Å². The molecule has 0 aliphatic carbocycles. The number of esters is 1. The monoisotopic (exact) mass is 411 g/mol.